The third-order valence-electron chi connectivity index (χ3n) is 6.24. The second kappa shape index (κ2) is 9.70. The first-order valence-electron chi connectivity index (χ1n) is 10.9. The van der Waals surface area contributed by atoms with E-state index in [0.717, 1.165) is 44.0 Å². The highest BCUT2D eigenvalue weighted by atomic mass is 35.5. The third kappa shape index (κ3) is 5.20. The van der Waals surface area contributed by atoms with Gasteiger partial charge in [-0.3, -0.25) is 9.69 Å². The van der Waals surface area contributed by atoms with Crippen LogP contribution in [0, 0.1) is 5.92 Å². The molecule has 2 aliphatic rings. The zero-order valence-electron chi connectivity index (χ0n) is 17.6. The number of likely N-dealkylation sites (tertiary alicyclic amines) is 1. The van der Waals surface area contributed by atoms with Gasteiger partial charge >= 0.3 is 6.18 Å². The van der Waals surface area contributed by atoms with Crippen LogP contribution >= 0.6 is 11.6 Å². The van der Waals surface area contributed by atoms with E-state index in [1.807, 2.05) is 17.0 Å². The molecule has 6 nitrogen and oxygen atoms in total. The zero-order chi connectivity index (χ0) is 22.7. The van der Waals surface area contributed by atoms with E-state index in [-0.39, 0.29) is 22.9 Å². The van der Waals surface area contributed by atoms with Crippen molar-refractivity contribution in [3.63, 3.8) is 0 Å². The summed E-state index contributed by atoms with van der Waals surface area (Å²) in [7, 11) is 0. The van der Waals surface area contributed by atoms with Gasteiger partial charge in [-0.05, 0) is 57.0 Å². The van der Waals surface area contributed by atoms with Crippen LogP contribution in [-0.2, 0) is 11.0 Å². The number of aromatic nitrogens is 1. The number of alkyl halides is 3. The molecule has 2 aliphatic heterocycles. The van der Waals surface area contributed by atoms with Crippen LogP contribution in [0.1, 0.15) is 43.0 Å². The number of carbonyl (C=O) groups excluding carboxylic acids is 1. The standard InChI is InChI=1S/C22H26ClF3N4O2/c23-17-12-16(22(24,25)26)13-27-20(17)30-9-5-15(6-10-30)21(31)28-14-18(19-4-3-11-32-19)29-7-1-2-8-29/h3-4,11-13,15,18H,1-2,5-10,14H2,(H,28,31)/t18-/m1/s1. The maximum Gasteiger partial charge on any atom is 0.417 e. The fraction of sp³-hybridized carbons (Fsp3) is 0.545. The number of rotatable bonds is 6. The molecule has 2 fully saturated rings. The number of anilines is 1. The van der Waals surface area contributed by atoms with Crippen molar-refractivity contribution < 1.29 is 22.4 Å². The molecule has 2 aromatic heterocycles. The summed E-state index contributed by atoms with van der Waals surface area (Å²) in [6.07, 6.45) is 1.42. The lowest BCUT2D eigenvalue weighted by Gasteiger charge is -2.33. The Morgan fingerprint density at radius 3 is 2.56 bits per heavy atom. The van der Waals surface area contributed by atoms with Crippen LogP contribution in [0.4, 0.5) is 19.0 Å². The van der Waals surface area contributed by atoms with E-state index in [1.54, 1.807) is 6.26 Å². The van der Waals surface area contributed by atoms with Crippen molar-refractivity contribution in [2.75, 3.05) is 37.6 Å². The minimum Gasteiger partial charge on any atom is -0.468 e. The summed E-state index contributed by atoms with van der Waals surface area (Å²) >= 11 is 6.07. The Morgan fingerprint density at radius 1 is 1.25 bits per heavy atom. The smallest absolute Gasteiger partial charge is 0.417 e. The van der Waals surface area contributed by atoms with Crippen LogP contribution in [-0.4, -0.2) is 48.5 Å². The topological polar surface area (TPSA) is 61.6 Å². The Balaban J connectivity index is 1.31. The molecule has 4 heterocycles. The van der Waals surface area contributed by atoms with Crippen molar-refractivity contribution in [3.05, 3.63) is 47.0 Å². The number of hydrogen-bond donors (Lipinski definition) is 1. The van der Waals surface area contributed by atoms with Crippen molar-refractivity contribution in [2.24, 2.45) is 5.92 Å². The van der Waals surface area contributed by atoms with Gasteiger partial charge in [-0.15, -0.1) is 0 Å². The number of halogens is 4. The maximum absolute atomic E-state index is 12.8. The van der Waals surface area contributed by atoms with Gasteiger partial charge in [0, 0.05) is 31.7 Å². The highest BCUT2D eigenvalue weighted by Crippen LogP contribution is 2.34. The number of carbonyl (C=O) groups is 1. The minimum absolute atomic E-state index is 0.00752. The molecule has 1 N–H and O–H groups in total. The highest BCUT2D eigenvalue weighted by Gasteiger charge is 2.33. The molecule has 0 bridgehead atoms. The Bertz CT molecular complexity index is 908. The first kappa shape index (κ1) is 22.9. The monoisotopic (exact) mass is 470 g/mol. The fourth-order valence-corrected chi connectivity index (χ4v) is 4.74. The van der Waals surface area contributed by atoms with Gasteiger partial charge in [-0.25, -0.2) is 4.98 Å². The minimum atomic E-state index is -4.48. The molecule has 2 aromatic rings. The lowest BCUT2D eigenvalue weighted by Crippen LogP contribution is -2.43. The molecule has 0 spiro atoms. The first-order valence-corrected chi connectivity index (χ1v) is 11.2. The molecule has 10 heteroatoms. The summed E-state index contributed by atoms with van der Waals surface area (Å²) in [5, 5.41) is 3.05. The summed E-state index contributed by atoms with van der Waals surface area (Å²) in [6, 6.07) is 4.72. The summed E-state index contributed by atoms with van der Waals surface area (Å²) in [4.78, 5) is 20.9. The van der Waals surface area contributed by atoms with E-state index in [0.29, 0.717) is 38.3 Å². The number of furan rings is 1. The van der Waals surface area contributed by atoms with Gasteiger partial charge in [0.05, 0.1) is 22.9 Å². The van der Waals surface area contributed by atoms with Gasteiger partial charge in [0.1, 0.15) is 11.6 Å². The summed E-state index contributed by atoms with van der Waals surface area (Å²) in [5.41, 5.74) is -0.871. The molecule has 174 valence electrons. The summed E-state index contributed by atoms with van der Waals surface area (Å²) in [6.45, 7) is 3.47. The van der Waals surface area contributed by atoms with E-state index in [2.05, 4.69) is 15.2 Å². The summed E-state index contributed by atoms with van der Waals surface area (Å²) < 4.78 is 44.1. The second-order valence-corrected chi connectivity index (χ2v) is 8.72. The highest BCUT2D eigenvalue weighted by molar-refractivity contribution is 6.33. The van der Waals surface area contributed by atoms with Crippen LogP contribution < -0.4 is 10.2 Å². The van der Waals surface area contributed by atoms with Crippen molar-refractivity contribution >= 4 is 23.3 Å². The predicted molar refractivity (Wildman–Crippen MR) is 114 cm³/mol. The molecule has 4 rings (SSSR count). The summed E-state index contributed by atoms with van der Waals surface area (Å²) in [5.74, 6) is 1.01. The first-order chi connectivity index (χ1) is 15.3. The van der Waals surface area contributed by atoms with Gasteiger partial charge < -0.3 is 14.6 Å². The quantitative estimate of drug-likeness (QED) is 0.672. The zero-order valence-corrected chi connectivity index (χ0v) is 18.3. The Kier molecular flexibility index (Phi) is 6.95. The molecule has 1 atom stereocenters. The molecular weight excluding hydrogens is 445 g/mol. The van der Waals surface area contributed by atoms with Gasteiger partial charge in [0.2, 0.25) is 5.91 Å². The second-order valence-electron chi connectivity index (χ2n) is 8.31. The molecule has 0 unspecified atom stereocenters. The normalized spacial score (nSPS) is 19.3. The van der Waals surface area contributed by atoms with Crippen LogP contribution in [0.25, 0.3) is 0 Å². The van der Waals surface area contributed by atoms with E-state index in [4.69, 9.17) is 16.0 Å². The van der Waals surface area contributed by atoms with Gasteiger partial charge in [-0.1, -0.05) is 11.6 Å². The lowest BCUT2D eigenvalue weighted by molar-refractivity contribution is -0.137. The van der Waals surface area contributed by atoms with Gasteiger partial charge in [-0.2, -0.15) is 13.2 Å². The third-order valence-corrected chi connectivity index (χ3v) is 6.52. The molecular formula is C22H26ClF3N4O2. The Labute approximate surface area is 189 Å². The maximum atomic E-state index is 12.8. The average molecular weight is 471 g/mol. The van der Waals surface area contributed by atoms with E-state index < -0.39 is 11.7 Å². The largest absolute Gasteiger partial charge is 0.468 e. The van der Waals surface area contributed by atoms with Crippen molar-refractivity contribution in [3.8, 4) is 0 Å². The molecule has 1 amide bonds. The van der Waals surface area contributed by atoms with E-state index >= 15 is 0 Å². The van der Waals surface area contributed by atoms with E-state index in [9.17, 15) is 18.0 Å². The Morgan fingerprint density at radius 2 is 1.97 bits per heavy atom. The van der Waals surface area contributed by atoms with Crippen LogP contribution in [0.15, 0.2) is 35.1 Å². The van der Waals surface area contributed by atoms with Crippen LogP contribution in [0.3, 0.4) is 0 Å². The van der Waals surface area contributed by atoms with Crippen molar-refractivity contribution in [1.82, 2.24) is 15.2 Å². The molecule has 0 radical (unpaired) electrons. The number of piperidine rings is 1. The average Bonchev–Trinajstić information content (AvgIpc) is 3.48. The molecule has 0 aliphatic carbocycles. The van der Waals surface area contributed by atoms with Gasteiger partial charge in [0.25, 0.3) is 0 Å². The van der Waals surface area contributed by atoms with Crippen molar-refractivity contribution in [2.45, 2.75) is 37.9 Å². The van der Waals surface area contributed by atoms with Crippen LogP contribution in [0.5, 0.6) is 0 Å². The van der Waals surface area contributed by atoms with E-state index in [1.165, 1.54) is 0 Å². The fourth-order valence-electron chi connectivity index (χ4n) is 4.46. The molecule has 32 heavy (non-hydrogen) atoms. The Hall–Kier alpha value is -2.26. The number of hydrogen-bond acceptors (Lipinski definition) is 5. The number of pyridine rings is 1. The number of nitrogens with zero attached hydrogens (tertiary/aromatic N) is 3. The SMILES string of the molecule is O=C(NC[C@H](c1ccco1)N1CCCC1)C1CCN(c2ncc(C(F)(F)F)cc2Cl)CC1. The molecule has 0 saturated carbocycles. The van der Waals surface area contributed by atoms with Gasteiger partial charge in [0.15, 0.2) is 0 Å². The number of amides is 1. The number of nitrogens with one attached hydrogen (secondary N) is 1. The van der Waals surface area contributed by atoms with Crippen molar-refractivity contribution in [1.29, 1.82) is 0 Å². The molecule has 2 saturated heterocycles. The molecule has 0 aromatic carbocycles. The predicted octanol–water partition coefficient (Wildman–Crippen LogP) is 4.52. The lowest BCUT2D eigenvalue weighted by atomic mass is 9.95. The van der Waals surface area contributed by atoms with Crippen LogP contribution in [0.2, 0.25) is 5.02 Å².